The summed E-state index contributed by atoms with van der Waals surface area (Å²) >= 11 is 5.83. The molecule has 0 bridgehead atoms. The van der Waals surface area contributed by atoms with Crippen molar-refractivity contribution in [3.63, 3.8) is 0 Å². The van der Waals surface area contributed by atoms with E-state index in [0.29, 0.717) is 11.9 Å². The van der Waals surface area contributed by atoms with Gasteiger partial charge in [-0.2, -0.15) is 4.98 Å². The van der Waals surface area contributed by atoms with Crippen LogP contribution in [0.1, 0.15) is 5.56 Å². The van der Waals surface area contributed by atoms with Crippen LogP contribution < -0.4 is 10.2 Å². The number of nitrogens with one attached hydrogen (secondary N) is 2. The molecular weight excluding hydrogens is 250 g/mol. The molecule has 0 spiro atoms. The highest BCUT2D eigenvalue weighted by molar-refractivity contribution is 6.30. The van der Waals surface area contributed by atoms with Crippen LogP contribution in [0.3, 0.4) is 0 Å². The Kier molecular flexibility index (Phi) is 4.04. The van der Waals surface area contributed by atoms with E-state index in [1.165, 1.54) is 5.56 Å². The van der Waals surface area contributed by atoms with Crippen LogP contribution in [0.15, 0.2) is 24.3 Å². The summed E-state index contributed by atoms with van der Waals surface area (Å²) in [5.74, 6) is 1.36. The maximum Gasteiger partial charge on any atom is 0.245 e. The predicted molar refractivity (Wildman–Crippen MR) is 74.4 cm³/mol. The quantitative estimate of drug-likeness (QED) is 0.870. The van der Waals surface area contributed by atoms with Gasteiger partial charge in [0.2, 0.25) is 11.9 Å². The number of anilines is 2. The van der Waals surface area contributed by atoms with E-state index < -0.39 is 0 Å². The fraction of sp³-hybridized carbons (Fsp3) is 0.333. The fourth-order valence-electron chi connectivity index (χ4n) is 1.51. The molecule has 0 saturated heterocycles. The van der Waals surface area contributed by atoms with E-state index in [-0.39, 0.29) is 0 Å². The van der Waals surface area contributed by atoms with Gasteiger partial charge in [-0.3, -0.25) is 0 Å². The molecule has 0 saturated carbocycles. The SMILES string of the molecule is CN(C)c1n[nH]c(NCCc2ccc(Cl)cc2)n1. The molecule has 0 radical (unpaired) electrons. The first-order valence-corrected chi connectivity index (χ1v) is 6.11. The van der Waals surface area contributed by atoms with Crippen molar-refractivity contribution in [1.82, 2.24) is 15.2 Å². The van der Waals surface area contributed by atoms with Crippen molar-refractivity contribution >= 4 is 23.5 Å². The first-order valence-electron chi connectivity index (χ1n) is 5.73. The van der Waals surface area contributed by atoms with Crippen molar-refractivity contribution in [2.45, 2.75) is 6.42 Å². The molecule has 0 atom stereocenters. The second kappa shape index (κ2) is 5.73. The Morgan fingerprint density at radius 1 is 1.28 bits per heavy atom. The van der Waals surface area contributed by atoms with Crippen LogP contribution in [0, 0.1) is 0 Å². The van der Waals surface area contributed by atoms with Crippen molar-refractivity contribution in [1.29, 1.82) is 0 Å². The summed E-state index contributed by atoms with van der Waals surface area (Å²) in [6.07, 6.45) is 0.912. The molecule has 6 heteroatoms. The molecule has 1 heterocycles. The van der Waals surface area contributed by atoms with E-state index >= 15 is 0 Å². The molecule has 0 aliphatic carbocycles. The van der Waals surface area contributed by atoms with Gasteiger partial charge >= 0.3 is 0 Å². The Morgan fingerprint density at radius 3 is 2.61 bits per heavy atom. The van der Waals surface area contributed by atoms with E-state index in [9.17, 15) is 0 Å². The molecule has 2 aromatic rings. The van der Waals surface area contributed by atoms with Crippen molar-refractivity contribution < 1.29 is 0 Å². The third-order valence-corrected chi connectivity index (χ3v) is 2.74. The molecule has 96 valence electrons. The molecule has 0 aliphatic heterocycles. The van der Waals surface area contributed by atoms with Crippen molar-refractivity contribution in [2.75, 3.05) is 30.9 Å². The van der Waals surface area contributed by atoms with Crippen LogP contribution in [0.5, 0.6) is 0 Å². The Morgan fingerprint density at radius 2 is 2.00 bits per heavy atom. The zero-order valence-corrected chi connectivity index (χ0v) is 11.2. The predicted octanol–water partition coefficient (Wildman–Crippen LogP) is 2.18. The minimum absolute atomic E-state index is 0.670. The van der Waals surface area contributed by atoms with E-state index in [1.807, 2.05) is 43.3 Å². The second-order valence-corrected chi connectivity index (χ2v) is 4.62. The largest absolute Gasteiger partial charge is 0.354 e. The molecule has 18 heavy (non-hydrogen) atoms. The third kappa shape index (κ3) is 3.37. The average Bonchev–Trinajstić information content (AvgIpc) is 2.81. The van der Waals surface area contributed by atoms with E-state index in [4.69, 9.17) is 11.6 Å². The molecule has 0 amide bonds. The molecule has 0 fully saturated rings. The smallest absolute Gasteiger partial charge is 0.245 e. The Hall–Kier alpha value is -1.75. The highest BCUT2D eigenvalue weighted by Crippen LogP contribution is 2.10. The molecule has 0 unspecified atom stereocenters. The van der Waals surface area contributed by atoms with Crippen molar-refractivity contribution in [3.05, 3.63) is 34.9 Å². The van der Waals surface area contributed by atoms with E-state index in [1.54, 1.807) is 0 Å². The van der Waals surface area contributed by atoms with Crippen molar-refractivity contribution in [2.24, 2.45) is 0 Å². The van der Waals surface area contributed by atoms with Gasteiger partial charge in [0.1, 0.15) is 0 Å². The van der Waals surface area contributed by atoms with Gasteiger partial charge in [0.25, 0.3) is 0 Å². The van der Waals surface area contributed by atoms with Crippen LogP contribution in [-0.4, -0.2) is 35.8 Å². The standard InChI is InChI=1S/C12H16ClN5/c1-18(2)12-15-11(16-17-12)14-8-7-9-3-5-10(13)6-4-9/h3-6H,7-8H2,1-2H3,(H2,14,15,16,17). The Bertz CT molecular complexity index is 491. The summed E-state index contributed by atoms with van der Waals surface area (Å²) in [6, 6.07) is 7.84. The average molecular weight is 266 g/mol. The van der Waals surface area contributed by atoms with Gasteiger partial charge in [-0.15, -0.1) is 5.10 Å². The maximum atomic E-state index is 5.83. The molecule has 2 rings (SSSR count). The number of H-pyrrole nitrogens is 1. The lowest BCUT2D eigenvalue weighted by Gasteiger charge is -2.04. The molecule has 0 aliphatic rings. The summed E-state index contributed by atoms with van der Waals surface area (Å²) in [6.45, 7) is 0.795. The summed E-state index contributed by atoms with van der Waals surface area (Å²) < 4.78 is 0. The first kappa shape index (κ1) is 12.7. The zero-order chi connectivity index (χ0) is 13.0. The highest BCUT2D eigenvalue weighted by Gasteiger charge is 2.03. The number of hydrogen-bond donors (Lipinski definition) is 2. The first-order chi connectivity index (χ1) is 8.65. The van der Waals surface area contributed by atoms with Crippen LogP contribution in [0.25, 0.3) is 0 Å². The minimum Gasteiger partial charge on any atom is -0.354 e. The minimum atomic E-state index is 0.670. The molecule has 1 aromatic heterocycles. The van der Waals surface area contributed by atoms with E-state index in [2.05, 4.69) is 20.5 Å². The van der Waals surface area contributed by atoms with Crippen LogP contribution in [-0.2, 0) is 6.42 Å². The lowest BCUT2D eigenvalue weighted by molar-refractivity contribution is 0.980. The topological polar surface area (TPSA) is 56.8 Å². The molecular formula is C12H16ClN5. The summed E-state index contributed by atoms with van der Waals surface area (Å²) in [5, 5.41) is 10.9. The Balaban J connectivity index is 1.82. The van der Waals surface area contributed by atoms with Gasteiger partial charge in [-0.1, -0.05) is 23.7 Å². The van der Waals surface area contributed by atoms with E-state index in [0.717, 1.165) is 18.0 Å². The van der Waals surface area contributed by atoms with Gasteiger partial charge in [-0.25, -0.2) is 5.10 Å². The lowest BCUT2D eigenvalue weighted by atomic mass is 10.1. The number of aromatic amines is 1. The summed E-state index contributed by atoms with van der Waals surface area (Å²) in [5.41, 5.74) is 1.24. The van der Waals surface area contributed by atoms with Crippen LogP contribution >= 0.6 is 11.6 Å². The van der Waals surface area contributed by atoms with Gasteiger partial charge in [-0.05, 0) is 24.1 Å². The van der Waals surface area contributed by atoms with Crippen LogP contribution in [0.2, 0.25) is 5.02 Å². The van der Waals surface area contributed by atoms with Crippen LogP contribution in [0.4, 0.5) is 11.9 Å². The monoisotopic (exact) mass is 265 g/mol. The fourth-order valence-corrected chi connectivity index (χ4v) is 1.63. The molecule has 1 aromatic carbocycles. The van der Waals surface area contributed by atoms with Gasteiger partial charge in [0, 0.05) is 25.7 Å². The van der Waals surface area contributed by atoms with Gasteiger partial charge < -0.3 is 10.2 Å². The molecule has 2 N–H and O–H groups in total. The number of halogens is 1. The third-order valence-electron chi connectivity index (χ3n) is 2.49. The molecule has 5 nitrogen and oxygen atoms in total. The number of hydrogen-bond acceptors (Lipinski definition) is 4. The summed E-state index contributed by atoms with van der Waals surface area (Å²) in [7, 11) is 3.81. The zero-order valence-electron chi connectivity index (χ0n) is 10.4. The number of aromatic nitrogens is 3. The lowest BCUT2D eigenvalue weighted by Crippen LogP contribution is -2.10. The normalized spacial score (nSPS) is 10.4. The Labute approximate surface area is 111 Å². The van der Waals surface area contributed by atoms with Crippen molar-refractivity contribution in [3.8, 4) is 0 Å². The summed E-state index contributed by atoms with van der Waals surface area (Å²) in [4.78, 5) is 6.13. The number of nitrogens with zero attached hydrogens (tertiary/aromatic N) is 3. The number of benzene rings is 1. The second-order valence-electron chi connectivity index (χ2n) is 4.18. The van der Waals surface area contributed by atoms with Gasteiger partial charge in [0.15, 0.2) is 0 Å². The maximum absolute atomic E-state index is 5.83. The highest BCUT2D eigenvalue weighted by atomic mass is 35.5. The number of rotatable bonds is 5. The van der Waals surface area contributed by atoms with Gasteiger partial charge in [0.05, 0.1) is 0 Å².